The van der Waals surface area contributed by atoms with Crippen LogP contribution in [0.3, 0.4) is 0 Å². The van der Waals surface area contributed by atoms with Crippen LogP contribution in [0.5, 0.6) is 0 Å². The Morgan fingerprint density at radius 2 is 2.31 bits per heavy atom. The normalized spacial score (nSPS) is 22.3. The number of nitrogens with one attached hydrogen (secondary N) is 1. The standard InChI is InChI=1S/C5H8N2O3S3/c1-6-4(8)10-7-5-11-2-13(9)3-12-5/h2-3H2,1H3,(H,6,8). The summed E-state index contributed by atoms with van der Waals surface area (Å²) in [7, 11) is 1.46. The van der Waals surface area contributed by atoms with Crippen molar-refractivity contribution < 1.29 is 14.2 Å². The van der Waals surface area contributed by atoms with Crippen molar-refractivity contribution in [2.24, 2.45) is 5.16 Å². The summed E-state index contributed by atoms with van der Waals surface area (Å²) < 4.78 is 11.5. The first-order chi connectivity index (χ1) is 6.22. The molecule has 5 nitrogen and oxygen atoms in total. The molecule has 13 heavy (non-hydrogen) atoms. The maximum absolute atomic E-state index is 10.9. The minimum atomic E-state index is -0.788. The van der Waals surface area contributed by atoms with Gasteiger partial charge in [0.15, 0.2) is 14.5 Å². The van der Waals surface area contributed by atoms with Gasteiger partial charge in [0.2, 0.25) is 0 Å². The number of amides is 1. The number of carbonyl (C=O) groups is 1. The fourth-order valence-electron chi connectivity index (χ4n) is 0.485. The number of nitrogens with zero attached hydrogens (tertiary/aromatic N) is 1. The van der Waals surface area contributed by atoms with Gasteiger partial charge in [-0.2, -0.15) is 0 Å². The van der Waals surface area contributed by atoms with Crippen LogP contribution in [-0.4, -0.2) is 32.2 Å². The minimum Gasteiger partial charge on any atom is -0.615 e. The first-order valence-corrected chi connectivity index (χ1v) is 6.75. The Morgan fingerprint density at radius 1 is 1.69 bits per heavy atom. The topological polar surface area (TPSA) is 73.8 Å². The first kappa shape index (κ1) is 11.0. The molecule has 1 fully saturated rings. The van der Waals surface area contributed by atoms with Gasteiger partial charge >= 0.3 is 6.09 Å². The van der Waals surface area contributed by atoms with Gasteiger partial charge in [0.05, 0.1) is 0 Å². The second-order valence-electron chi connectivity index (χ2n) is 1.95. The molecule has 0 aliphatic carbocycles. The molecule has 1 amide bonds. The van der Waals surface area contributed by atoms with Gasteiger partial charge in [0.1, 0.15) is 0 Å². The molecule has 0 bridgehead atoms. The maximum atomic E-state index is 10.9. The third-order valence-electron chi connectivity index (χ3n) is 1.03. The summed E-state index contributed by atoms with van der Waals surface area (Å²) >= 11 is 1.88. The lowest BCUT2D eigenvalue weighted by Gasteiger charge is -2.15. The summed E-state index contributed by atoms with van der Waals surface area (Å²) in [6, 6.07) is 0. The van der Waals surface area contributed by atoms with Gasteiger partial charge in [0, 0.05) is 7.05 Å². The second-order valence-corrected chi connectivity index (χ2v) is 6.32. The lowest BCUT2D eigenvalue weighted by molar-refractivity contribution is 0.154. The van der Waals surface area contributed by atoms with Crippen LogP contribution in [0.1, 0.15) is 0 Å². The van der Waals surface area contributed by atoms with Crippen LogP contribution in [0.4, 0.5) is 4.79 Å². The van der Waals surface area contributed by atoms with Crippen molar-refractivity contribution in [1.29, 1.82) is 0 Å². The predicted octanol–water partition coefficient (Wildman–Crippen LogP) is 0.757. The quantitative estimate of drug-likeness (QED) is 0.416. The van der Waals surface area contributed by atoms with E-state index in [4.69, 9.17) is 0 Å². The summed E-state index contributed by atoms with van der Waals surface area (Å²) in [6.45, 7) is 0. The minimum absolute atomic E-state index is 0.517. The van der Waals surface area contributed by atoms with Crippen molar-refractivity contribution in [3.63, 3.8) is 0 Å². The van der Waals surface area contributed by atoms with Crippen LogP contribution in [-0.2, 0) is 16.0 Å². The Kier molecular flexibility index (Phi) is 4.78. The van der Waals surface area contributed by atoms with E-state index in [2.05, 4.69) is 15.3 Å². The highest BCUT2D eigenvalue weighted by Crippen LogP contribution is 2.27. The number of carbonyl (C=O) groups excluding carboxylic acids is 1. The molecule has 1 aliphatic rings. The highest BCUT2D eigenvalue weighted by molar-refractivity contribution is 8.46. The summed E-state index contributed by atoms with van der Waals surface area (Å²) in [6.07, 6.45) is -0.597. The summed E-state index contributed by atoms with van der Waals surface area (Å²) in [5.41, 5.74) is 0. The van der Waals surface area contributed by atoms with Crippen LogP contribution in [0.25, 0.3) is 0 Å². The molecule has 1 saturated heterocycles. The first-order valence-electron chi connectivity index (χ1n) is 3.29. The fourth-order valence-corrected chi connectivity index (χ4v) is 4.61. The maximum Gasteiger partial charge on any atom is 0.433 e. The third-order valence-corrected chi connectivity index (χ3v) is 5.43. The van der Waals surface area contributed by atoms with Crippen molar-refractivity contribution in [1.82, 2.24) is 5.32 Å². The van der Waals surface area contributed by atoms with Crippen molar-refractivity contribution in [3.8, 4) is 0 Å². The van der Waals surface area contributed by atoms with E-state index in [-0.39, 0.29) is 0 Å². The predicted molar refractivity (Wildman–Crippen MR) is 56.0 cm³/mol. The Morgan fingerprint density at radius 3 is 2.85 bits per heavy atom. The van der Waals surface area contributed by atoms with Crippen LogP contribution in [0, 0.1) is 0 Å². The summed E-state index contributed by atoms with van der Waals surface area (Å²) in [5.74, 6) is 0. The van der Waals surface area contributed by atoms with Crippen LogP contribution < -0.4 is 5.32 Å². The molecule has 1 aliphatic heterocycles. The largest absolute Gasteiger partial charge is 0.615 e. The van der Waals surface area contributed by atoms with Crippen molar-refractivity contribution >= 4 is 45.2 Å². The molecule has 0 spiro atoms. The molecule has 1 rings (SSSR count). The van der Waals surface area contributed by atoms with Gasteiger partial charge in [-0.05, 0) is 34.7 Å². The van der Waals surface area contributed by atoms with E-state index in [9.17, 15) is 9.35 Å². The summed E-state index contributed by atoms with van der Waals surface area (Å²) in [4.78, 5) is 15.1. The van der Waals surface area contributed by atoms with E-state index in [1.165, 1.54) is 30.6 Å². The fraction of sp³-hybridized carbons (Fsp3) is 0.600. The smallest absolute Gasteiger partial charge is 0.433 e. The number of rotatable bonds is 1. The Bertz CT molecular complexity index is 213. The van der Waals surface area contributed by atoms with Crippen molar-refractivity contribution in [3.05, 3.63) is 0 Å². The monoisotopic (exact) mass is 240 g/mol. The SMILES string of the molecule is CNC(=O)ON=C1SC[S+]([O-])CS1. The average Bonchev–Trinajstić information content (AvgIpc) is 2.16. The van der Waals surface area contributed by atoms with Gasteiger partial charge in [-0.3, -0.25) is 4.84 Å². The van der Waals surface area contributed by atoms with Gasteiger partial charge < -0.3 is 9.87 Å². The molecule has 0 unspecified atom stereocenters. The zero-order valence-electron chi connectivity index (χ0n) is 6.81. The molecular formula is C5H8N2O3S3. The Balaban J connectivity index is 2.31. The Labute approximate surface area is 87.2 Å². The van der Waals surface area contributed by atoms with Gasteiger partial charge in [-0.25, -0.2) is 4.79 Å². The lowest BCUT2D eigenvalue weighted by atomic mass is 11.1. The zero-order valence-corrected chi connectivity index (χ0v) is 9.26. The molecule has 0 atom stereocenters. The van der Waals surface area contributed by atoms with E-state index < -0.39 is 17.3 Å². The zero-order chi connectivity index (χ0) is 9.68. The molecule has 0 radical (unpaired) electrons. The Hall–Kier alpha value is -0.0500. The van der Waals surface area contributed by atoms with E-state index in [1.54, 1.807) is 0 Å². The number of thioether (sulfide) groups is 2. The van der Waals surface area contributed by atoms with Crippen LogP contribution >= 0.6 is 23.5 Å². The van der Waals surface area contributed by atoms with E-state index in [1.807, 2.05) is 0 Å². The molecule has 1 heterocycles. The second kappa shape index (κ2) is 5.63. The summed E-state index contributed by atoms with van der Waals surface area (Å²) in [5, 5.41) is 6.88. The van der Waals surface area contributed by atoms with E-state index in [0.29, 0.717) is 14.5 Å². The highest BCUT2D eigenvalue weighted by Gasteiger charge is 2.19. The number of oxime groups is 1. The van der Waals surface area contributed by atoms with Crippen molar-refractivity contribution in [2.75, 3.05) is 17.2 Å². The van der Waals surface area contributed by atoms with E-state index in [0.717, 1.165) is 0 Å². The number of hydrogen-bond acceptors (Lipinski definition) is 6. The van der Waals surface area contributed by atoms with E-state index >= 15 is 0 Å². The van der Waals surface area contributed by atoms with Gasteiger partial charge in [0.25, 0.3) is 0 Å². The molecular weight excluding hydrogens is 232 g/mol. The molecule has 0 aromatic rings. The molecule has 0 aromatic heterocycles. The third kappa shape index (κ3) is 4.12. The molecule has 0 aromatic carbocycles. The van der Waals surface area contributed by atoms with Gasteiger partial charge in [-0.15, -0.1) is 0 Å². The molecule has 0 saturated carbocycles. The molecule has 8 heteroatoms. The molecule has 74 valence electrons. The van der Waals surface area contributed by atoms with Crippen LogP contribution in [0.15, 0.2) is 5.16 Å². The van der Waals surface area contributed by atoms with Gasteiger partial charge in [-0.1, -0.05) is 5.16 Å². The van der Waals surface area contributed by atoms with Crippen LogP contribution in [0.2, 0.25) is 0 Å². The number of hydrogen-bond donors (Lipinski definition) is 1. The lowest BCUT2D eigenvalue weighted by Crippen LogP contribution is -2.18. The molecule has 1 N–H and O–H groups in total. The average molecular weight is 240 g/mol. The van der Waals surface area contributed by atoms with Crippen molar-refractivity contribution in [2.45, 2.75) is 0 Å². The highest BCUT2D eigenvalue weighted by atomic mass is 32.3.